The molecule has 1 fully saturated rings. The molecule has 2 aliphatic rings. The Bertz CT molecular complexity index is 878. The van der Waals surface area contributed by atoms with E-state index >= 15 is 0 Å². The van der Waals surface area contributed by atoms with E-state index in [2.05, 4.69) is 24.1 Å². The Labute approximate surface area is 164 Å². The van der Waals surface area contributed by atoms with Gasteiger partial charge in [-0.25, -0.2) is 0 Å². The van der Waals surface area contributed by atoms with Crippen LogP contribution in [-0.2, 0) is 9.59 Å². The first-order valence-electron chi connectivity index (χ1n) is 9.88. The van der Waals surface area contributed by atoms with E-state index in [0.29, 0.717) is 5.56 Å². The van der Waals surface area contributed by atoms with E-state index < -0.39 is 23.8 Å². The number of rotatable bonds is 6. The van der Waals surface area contributed by atoms with Crippen LogP contribution in [0.25, 0.3) is 0 Å². The summed E-state index contributed by atoms with van der Waals surface area (Å²) < 4.78 is 0. The number of unbranched alkanes of at least 4 members (excludes halogenated alkanes) is 5. The molecule has 28 heavy (non-hydrogen) atoms. The number of piperidine rings is 1. The highest BCUT2D eigenvalue weighted by molar-refractivity contribution is 6.24. The summed E-state index contributed by atoms with van der Waals surface area (Å²) in [4.78, 5) is 50.2. The molecule has 0 aromatic heterocycles. The SMILES string of the molecule is CCCCCCCC#Cc1cccc2c1C(=O)N(C1CCC(=O)NC1=O)C2=O. The fraction of sp³-hybridized carbons (Fsp3) is 0.455. The van der Waals surface area contributed by atoms with Crippen LogP contribution in [0.1, 0.15) is 84.6 Å². The van der Waals surface area contributed by atoms with Crippen LogP contribution in [0.4, 0.5) is 0 Å². The molecule has 1 aromatic rings. The third kappa shape index (κ3) is 3.99. The smallest absolute Gasteiger partial charge is 0.263 e. The Morgan fingerprint density at radius 1 is 1.07 bits per heavy atom. The number of benzene rings is 1. The molecule has 1 unspecified atom stereocenters. The average Bonchev–Trinajstić information content (AvgIpc) is 2.93. The second-order valence-electron chi connectivity index (χ2n) is 7.14. The highest BCUT2D eigenvalue weighted by Crippen LogP contribution is 2.29. The van der Waals surface area contributed by atoms with Crippen molar-refractivity contribution in [3.8, 4) is 11.8 Å². The van der Waals surface area contributed by atoms with Gasteiger partial charge in [0.15, 0.2) is 0 Å². The molecule has 1 atom stereocenters. The van der Waals surface area contributed by atoms with Crippen LogP contribution in [0, 0.1) is 11.8 Å². The molecule has 4 amide bonds. The first kappa shape index (κ1) is 19.8. The third-order valence-corrected chi connectivity index (χ3v) is 5.10. The zero-order chi connectivity index (χ0) is 20.1. The number of hydrogen-bond donors (Lipinski definition) is 1. The van der Waals surface area contributed by atoms with Gasteiger partial charge in [0.05, 0.1) is 11.1 Å². The normalized spacial score (nSPS) is 18.6. The van der Waals surface area contributed by atoms with Crippen LogP contribution in [0.15, 0.2) is 18.2 Å². The minimum Gasteiger partial charge on any atom is -0.295 e. The van der Waals surface area contributed by atoms with Crippen LogP contribution >= 0.6 is 0 Å². The number of carbonyl (C=O) groups is 4. The van der Waals surface area contributed by atoms with Gasteiger partial charge in [-0.05, 0) is 25.0 Å². The van der Waals surface area contributed by atoms with Crippen molar-refractivity contribution in [3.05, 3.63) is 34.9 Å². The topological polar surface area (TPSA) is 83.6 Å². The van der Waals surface area contributed by atoms with Crippen molar-refractivity contribution in [3.63, 3.8) is 0 Å². The van der Waals surface area contributed by atoms with Crippen LogP contribution in [0.2, 0.25) is 0 Å². The molecule has 3 rings (SSSR count). The summed E-state index contributed by atoms with van der Waals surface area (Å²) in [7, 11) is 0. The maximum atomic E-state index is 12.9. The molecular formula is C22H24N2O4. The lowest BCUT2D eigenvalue weighted by molar-refractivity contribution is -0.136. The average molecular weight is 380 g/mol. The number of imide groups is 2. The molecule has 2 aliphatic heterocycles. The van der Waals surface area contributed by atoms with Gasteiger partial charge < -0.3 is 0 Å². The number of carbonyl (C=O) groups excluding carboxylic acids is 4. The molecule has 146 valence electrons. The van der Waals surface area contributed by atoms with Crippen molar-refractivity contribution in [2.45, 2.75) is 64.3 Å². The number of fused-ring (bicyclic) bond motifs is 1. The highest BCUT2D eigenvalue weighted by Gasteiger charge is 2.45. The molecule has 0 aliphatic carbocycles. The van der Waals surface area contributed by atoms with Gasteiger partial charge >= 0.3 is 0 Å². The summed E-state index contributed by atoms with van der Waals surface area (Å²) >= 11 is 0. The molecule has 6 heteroatoms. The maximum Gasteiger partial charge on any atom is 0.263 e. The van der Waals surface area contributed by atoms with Gasteiger partial charge in [-0.2, -0.15) is 0 Å². The summed E-state index contributed by atoms with van der Waals surface area (Å²) in [5.41, 5.74) is 1.04. The number of amides is 4. The van der Waals surface area contributed by atoms with Crippen molar-refractivity contribution in [2.24, 2.45) is 0 Å². The van der Waals surface area contributed by atoms with Crippen LogP contribution in [0.3, 0.4) is 0 Å². The van der Waals surface area contributed by atoms with E-state index in [4.69, 9.17) is 0 Å². The van der Waals surface area contributed by atoms with E-state index in [1.807, 2.05) is 0 Å². The van der Waals surface area contributed by atoms with Gasteiger partial charge in [0.25, 0.3) is 11.8 Å². The van der Waals surface area contributed by atoms with Crippen molar-refractivity contribution in [1.29, 1.82) is 0 Å². The fourth-order valence-electron chi connectivity index (χ4n) is 3.59. The Hall–Kier alpha value is -2.94. The van der Waals surface area contributed by atoms with E-state index in [-0.39, 0.29) is 29.9 Å². The zero-order valence-electron chi connectivity index (χ0n) is 16.0. The van der Waals surface area contributed by atoms with E-state index in [9.17, 15) is 19.2 Å². The number of hydrogen-bond acceptors (Lipinski definition) is 4. The van der Waals surface area contributed by atoms with Crippen molar-refractivity contribution in [2.75, 3.05) is 0 Å². The molecule has 1 saturated heterocycles. The van der Waals surface area contributed by atoms with Crippen LogP contribution in [-0.4, -0.2) is 34.6 Å². The second-order valence-corrected chi connectivity index (χ2v) is 7.14. The van der Waals surface area contributed by atoms with Crippen molar-refractivity contribution in [1.82, 2.24) is 10.2 Å². The van der Waals surface area contributed by atoms with Crippen LogP contribution in [0.5, 0.6) is 0 Å². The highest BCUT2D eigenvalue weighted by atomic mass is 16.2. The van der Waals surface area contributed by atoms with Gasteiger partial charge in [-0.15, -0.1) is 0 Å². The zero-order valence-corrected chi connectivity index (χ0v) is 16.0. The van der Waals surface area contributed by atoms with E-state index in [0.717, 1.165) is 24.2 Å². The van der Waals surface area contributed by atoms with Crippen LogP contribution < -0.4 is 5.32 Å². The molecule has 1 aromatic carbocycles. The summed E-state index contributed by atoms with van der Waals surface area (Å²) in [6, 6.07) is 4.05. The molecule has 2 heterocycles. The molecular weight excluding hydrogens is 356 g/mol. The van der Waals surface area contributed by atoms with Crippen molar-refractivity contribution < 1.29 is 19.2 Å². The standard InChI is InChI=1S/C22H24N2O4/c1-2-3-4-5-6-7-8-10-15-11-9-12-16-19(15)22(28)24(21(16)27)17-13-14-18(25)23-20(17)26/h9,11-12,17H,2-7,13-14H2,1H3,(H,23,25,26). The lowest BCUT2D eigenvalue weighted by Gasteiger charge is -2.27. The lowest BCUT2D eigenvalue weighted by atomic mass is 10.0. The largest absolute Gasteiger partial charge is 0.295 e. The maximum absolute atomic E-state index is 12.9. The van der Waals surface area contributed by atoms with E-state index in [1.54, 1.807) is 18.2 Å². The molecule has 0 bridgehead atoms. The van der Waals surface area contributed by atoms with Gasteiger partial charge in [0, 0.05) is 18.4 Å². The molecule has 1 N–H and O–H groups in total. The Kier molecular flexibility index (Phi) is 6.25. The Morgan fingerprint density at radius 2 is 1.86 bits per heavy atom. The summed E-state index contributed by atoms with van der Waals surface area (Å²) in [6.45, 7) is 2.17. The molecule has 0 saturated carbocycles. The fourth-order valence-corrected chi connectivity index (χ4v) is 3.59. The van der Waals surface area contributed by atoms with Gasteiger partial charge in [-0.1, -0.05) is 50.5 Å². The minimum atomic E-state index is -0.954. The number of nitrogens with one attached hydrogen (secondary N) is 1. The third-order valence-electron chi connectivity index (χ3n) is 5.10. The summed E-state index contributed by atoms with van der Waals surface area (Å²) in [6.07, 6.45) is 6.77. The predicted molar refractivity (Wildman–Crippen MR) is 103 cm³/mol. The van der Waals surface area contributed by atoms with Gasteiger partial charge in [0.1, 0.15) is 6.04 Å². The molecule has 0 spiro atoms. The number of nitrogens with zero attached hydrogens (tertiary/aromatic N) is 1. The lowest BCUT2D eigenvalue weighted by Crippen LogP contribution is -2.54. The minimum absolute atomic E-state index is 0.106. The molecule has 0 radical (unpaired) electrons. The second kappa shape index (κ2) is 8.83. The Balaban J connectivity index is 1.75. The summed E-state index contributed by atoms with van der Waals surface area (Å²) in [5.74, 6) is 4.12. The monoisotopic (exact) mass is 380 g/mol. The van der Waals surface area contributed by atoms with Gasteiger partial charge in [-0.3, -0.25) is 29.4 Å². The first-order valence-corrected chi connectivity index (χ1v) is 9.88. The summed E-state index contributed by atoms with van der Waals surface area (Å²) in [5, 5.41) is 2.20. The quantitative estimate of drug-likeness (QED) is 0.467. The van der Waals surface area contributed by atoms with Gasteiger partial charge in [0.2, 0.25) is 11.8 Å². The Morgan fingerprint density at radius 3 is 2.61 bits per heavy atom. The predicted octanol–water partition coefficient (Wildman–Crippen LogP) is 2.80. The van der Waals surface area contributed by atoms with E-state index in [1.165, 1.54) is 19.3 Å². The first-order chi connectivity index (χ1) is 13.5. The molecule has 6 nitrogen and oxygen atoms in total. The van der Waals surface area contributed by atoms with Crippen molar-refractivity contribution >= 4 is 23.6 Å².